The summed E-state index contributed by atoms with van der Waals surface area (Å²) in [6.07, 6.45) is 5.30. The van der Waals surface area contributed by atoms with Crippen molar-refractivity contribution in [3.8, 4) is 0 Å². The second-order valence-corrected chi connectivity index (χ2v) is 6.54. The van der Waals surface area contributed by atoms with Crippen molar-refractivity contribution in [2.45, 2.75) is 37.1 Å². The summed E-state index contributed by atoms with van der Waals surface area (Å²) in [6, 6.07) is 6.80. The molecule has 0 amide bonds. The quantitative estimate of drug-likeness (QED) is 0.852. The Morgan fingerprint density at radius 2 is 2.00 bits per heavy atom. The molecule has 100 valence electrons. The van der Waals surface area contributed by atoms with E-state index in [1.807, 2.05) is 6.07 Å². The molecule has 4 nitrogen and oxygen atoms in total. The van der Waals surface area contributed by atoms with Gasteiger partial charge in [0, 0.05) is 6.54 Å². The van der Waals surface area contributed by atoms with Gasteiger partial charge >= 0.3 is 0 Å². The predicted octanol–water partition coefficient (Wildman–Crippen LogP) is 1.61. The average Bonchev–Trinajstić information content (AvgIpc) is 2.81. The Morgan fingerprint density at radius 1 is 1.28 bits per heavy atom. The van der Waals surface area contributed by atoms with Gasteiger partial charge in [0.2, 0.25) is 10.0 Å². The first-order valence-corrected chi connectivity index (χ1v) is 7.93. The van der Waals surface area contributed by atoms with Crippen molar-refractivity contribution < 1.29 is 8.42 Å². The Balaban J connectivity index is 1.89. The van der Waals surface area contributed by atoms with Gasteiger partial charge in [0.25, 0.3) is 0 Å². The molecule has 3 N–H and O–H groups in total. The molecule has 0 aromatic heterocycles. The second-order valence-electron chi connectivity index (χ2n) is 4.97. The zero-order chi connectivity index (χ0) is 13.0. The Hall–Kier alpha value is -0.910. The number of nitrogens with one attached hydrogen (secondary N) is 1. The van der Waals surface area contributed by atoms with E-state index in [4.69, 9.17) is 5.14 Å². The van der Waals surface area contributed by atoms with Crippen LogP contribution in [-0.4, -0.2) is 15.0 Å². The van der Waals surface area contributed by atoms with E-state index >= 15 is 0 Å². The molecule has 1 aromatic carbocycles. The fraction of sp³-hybridized carbons (Fsp3) is 0.538. The van der Waals surface area contributed by atoms with Gasteiger partial charge in [0.05, 0.1) is 4.90 Å². The van der Waals surface area contributed by atoms with E-state index in [0.29, 0.717) is 6.54 Å². The van der Waals surface area contributed by atoms with E-state index in [2.05, 4.69) is 5.32 Å². The molecule has 0 atom stereocenters. The van der Waals surface area contributed by atoms with Gasteiger partial charge < -0.3 is 5.32 Å². The van der Waals surface area contributed by atoms with Crippen molar-refractivity contribution in [1.82, 2.24) is 5.32 Å². The summed E-state index contributed by atoms with van der Waals surface area (Å²) in [6.45, 7) is 1.71. The van der Waals surface area contributed by atoms with Crippen LogP contribution in [0.25, 0.3) is 0 Å². The number of rotatable bonds is 5. The third kappa shape index (κ3) is 3.80. The summed E-state index contributed by atoms with van der Waals surface area (Å²) in [4.78, 5) is 0.183. The van der Waals surface area contributed by atoms with Gasteiger partial charge in [0.1, 0.15) is 0 Å². The molecule has 1 aliphatic rings. The SMILES string of the molecule is NS(=O)(=O)c1cccc(CNCC2CCCC2)c1. The molecule has 1 aliphatic carbocycles. The first-order valence-electron chi connectivity index (χ1n) is 6.38. The van der Waals surface area contributed by atoms with E-state index in [-0.39, 0.29) is 4.90 Å². The molecule has 0 unspecified atom stereocenters. The third-order valence-electron chi connectivity index (χ3n) is 3.46. The normalized spacial score (nSPS) is 17.2. The van der Waals surface area contributed by atoms with Gasteiger partial charge in [-0.15, -0.1) is 0 Å². The maximum absolute atomic E-state index is 11.2. The van der Waals surface area contributed by atoms with E-state index in [1.54, 1.807) is 12.1 Å². The number of hydrogen-bond donors (Lipinski definition) is 2. The predicted molar refractivity (Wildman–Crippen MR) is 71.5 cm³/mol. The maximum Gasteiger partial charge on any atom is 0.238 e. The summed E-state index contributed by atoms with van der Waals surface area (Å²) >= 11 is 0. The van der Waals surface area contributed by atoms with Crippen molar-refractivity contribution in [3.63, 3.8) is 0 Å². The van der Waals surface area contributed by atoms with E-state index in [0.717, 1.165) is 18.0 Å². The molecule has 0 bridgehead atoms. The fourth-order valence-corrected chi connectivity index (χ4v) is 3.05. The Morgan fingerprint density at radius 3 is 2.67 bits per heavy atom. The number of hydrogen-bond acceptors (Lipinski definition) is 3. The molecule has 1 fully saturated rings. The van der Waals surface area contributed by atoms with Crippen LogP contribution in [0.15, 0.2) is 29.2 Å². The molecule has 0 aliphatic heterocycles. The highest BCUT2D eigenvalue weighted by molar-refractivity contribution is 7.89. The van der Waals surface area contributed by atoms with Crippen molar-refractivity contribution >= 4 is 10.0 Å². The first kappa shape index (κ1) is 13.5. The van der Waals surface area contributed by atoms with Crippen LogP contribution in [0.4, 0.5) is 0 Å². The van der Waals surface area contributed by atoms with E-state index in [1.165, 1.54) is 31.7 Å². The molecule has 5 heteroatoms. The highest BCUT2D eigenvalue weighted by Crippen LogP contribution is 2.23. The van der Waals surface area contributed by atoms with Crippen molar-refractivity contribution in [2.75, 3.05) is 6.54 Å². The molecule has 1 saturated carbocycles. The van der Waals surface area contributed by atoms with E-state index in [9.17, 15) is 8.42 Å². The molecule has 0 radical (unpaired) electrons. The third-order valence-corrected chi connectivity index (χ3v) is 4.37. The minimum atomic E-state index is -3.59. The standard InChI is InChI=1S/C13H20N2O2S/c14-18(16,17)13-7-3-6-12(8-13)10-15-9-11-4-1-2-5-11/h3,6-8,11,15H,1-2,4-5,9-10H2,(H2,14,16,17). The van der Waals surface area contributed by atoms with Crippen LogP contribution in [0, 0.1) is 5.92 Å². The summed E-state index contributed by atoms with van der Waals surface area (Å²) in [7, 11) is -3.59. The van der Waals surface area contributed by atoms with Gasteiger partial charge in [-0.25, -0.2) is 13.6 Å². The van der Waals surface area contributed by atoms with Crippen molar-refractivity contribution in [3.05, 3.63) is 29.8 Å². The Labute approximate surface area is 109 Å². The zero-order valence-electron chi connectivity index (χ0n) is 10.4. The molecule has 18 heavy (non-hydrogen) atoms. The molecule has 2 rings (SSSR count). The van der Waals surface area contributed by atoms with Crippen LogP contribution in [0.2, 0.25) is 0 Å². The van der Waals surface area contributed by atoms with Gasteiger partial charge in [-0.05, 0) is 43.0 Å². The molecule has 0 saturated heterocycles. The van der Waals surface area contributed by atoms with Gasteiger partial charge in [0.15, 0.2) is 0 Å². The minimum Gasteiger partial charge on any atom is -0.312 e. The smallest absolute Gasteiger partial charge is 0.238 e. The number of benzene rings is 1. The van der Waals surface area contributed by atoms with Gasteiger partial charge in [-0.3, -0.25) is 0 Å². The lowest BCUT2D eigenvalue weighted by molar-refractivity contribution is 0.489. The van der Waals surface area contributed by atoms with Crippen LogP contribution in [0.1, 0.15) is 31.2 Å². The fourth-order valence-electron chi connectivity index (χ4n) is 2.47. The number of sulfonamides is 1. The van der Waals surface area contributed by atoms with Crippen LogP contribution in [0.3, 0.4) is 0 Å². The minimum absolute atomic E-state index is 0.183. The molecule has 1 aromatic rings. The van der Waals surface area contributed by atoms with Crippen LogP contribution in [0.5, 0.6) is 0 Å². The molecule has 0 spiro atoms. The van der Waals surface area contributed by atoms with Crippen LogP contribution < -0.4 is 10.5 Å². The van der Waals surface area contributed by atoms with Crippen molar-refractivity contribution in [1.29, 1.82) is 0 Å². The van der Waals surface area contributed by atoms with Gasteiger partial charge in [-0.1, -0.05) is 25.0 Å². The summed E-state index contributed by atoms with van der Waals surface area (Å²) in [5.74, 6) is 0.784. The van der Waals surface area contributed by atoms with Crippen LogP contribution >= 0.6 is 0 Å². The first-order chi connectivity index (χ1) is 8.55. The molecular formula is C13H20N2O2S. The molecular weight excluding hydrogens is 248 g/mol. The highest BCUT2D eigenvalue weighted by Gasteiger charge is 2.14. The van der Waals surface area contributed by atoms with Gasteiger partial charge in [-0.2, -0.15) is 0 Å². The Bertz CT molecular complexity index is 493. The topological polar surface area (TPSA) is 72.2 Å². The number of primary sulfonamides is 1. The lowest BCUT2D eigenvalue weighted by Crippen LogP contribution is -2.21. The number of nitrogens with two attached hydrogens (primary N) is 1. The highest BCUT2D eigenvalue weighted by atomic mass is 32.2. The summed E-state index contributed by atoms with van der Waals surface area (Å²) < 4.78 is 22.5. The zero-order valence-corrected chi connectivity index (χ0v) is 11.2. The lowest BCUT2D eigenvalue weighted by atomic mass is 10.1. The Kier molecular flexibility index (Phi) is 4.37. The molecule has 0 heterocycles. The maximum atomic E-state index is 11.2. The average molecular weight is 268 g/mol. The summed E-state index contributed by atoms with van der Waals surface area (Å²) in [5, 5.41) is 8.49. The monoisotopic (exact) mass is 268 g/mol. The van der Waals surface area contributed by atoms with Crippen molar-refractivity contribution in [2.24, 2.45) is 11.1 Å². The van der Waals surface area contributed by atoms with E-state index < -0.39 is 10.0 Å². The van der Waals surface area contributed by atoms with Crippen LogP contribution in [-0.2, 0) is 16.6 Å². The lowest BCUT2D eigenvalue weighted by Gasteiger charge is -2.10. The largest absolute Gasteiger partial charge is 0.312 e. The summed E-state index contributed by atoms with van der Waals surface area (Å²) in [5.41, 5.74) is 0.958. The second kappa shape index (κ2) is 5.82.